The second-order valence-electron chi connectivity index (χ2n) is 2.54. The van der Waals surface area contributed by atoms with E-state index in [1.807, 2.05) is 12.1 Å². The molecule has 2 aromatic heterocycles. The van der Waals surface area contributed by atoms with Gasteiger partial charge in [-0.05, 0) is 6.07 Å². The molecule has 0 unspecified atom stereocenters. The minimum atomic E-state index is 0.410. The van der Waals surface area contributed by atoms with Crippen molar-refractivity contribution in [3.63, 3.8) is 0 Å². The molecule has 0 aliphatic heterocycles. The van der Waals surface area contributed by atoms with Crippen molar-refractivity contribution in [1.29, 1.82) is 0 Å². The second kappa shape index (κ2) is 3.18. The predicted molar refractivity (Wildman–Crippen MR) is 47.2 cm³/mol. The van der Waals surface area contributed by atoms with Gasteiger partial charge in [-0.2, -0.15) is 5.10 Å². The highest BCUT2D eigenvalue weighted by Crippen LogP contribution is 2.18. The Morgan fingerprint density at radius 2 is 2.38 bits per heavy atom. The number of rotatable bonds is 2. The average molecular weight is 173 g/mol. The van der Waals surface area contributed by atoms with Crippen molar-refractivity contribution in [3.8, 4) is 11.1 Å². The molecule has 0 saturated heterocycles. The second-order valence-corrected chi connectivity index (χ2v) is 2.54. The van der Waals surface area contributed by atoms with Crippen molar-refractivity contribution in [2.45, 2.75) is 0 Å². The van der Waals surface area contributed by atoms with Gasteiger partial charge in [-0.25, -0.2) is 0 Å². The fourth-order valence-corrected chi connectivity index (χ4v) is 1.14. The molecule has 0 aliphatic rings. The third-order valence-corrected chi connectivity index (χ3v) is 1.75. The molecule has 2 heterocycles. The maximum atomic E-state index is 10.6. The summed E-state index contributed by atoms with van der Waals surface area (Å²) in [7, 11) is 0. The zero-order chi connectivity index (χ0) is 9.10. The molecule has 0 aliphatic carbocycles. The minimum Gasteiger partial charge on any atom is -0.296 e. The molecule has 0 bridgehead atoms. The van der Waals surface area contributed by atoms with Crippen molar-refractivity contribution < 1.29 is 4.79 Å². The summed E-state index contributed by atoms with van der Waals surface area (Å²) < 4.78 is 0. The van der Waals surface area contributed by atoms with E-state index in [2.05, 4.69) is 15.2 Å². The van der Waals surface area contributed by atoms with Crippen LogP contribution < -0.4 is 0 Å². The van der Waals surface area contributed by atoms with E-state index in [9.17, 15) is 4.79 Å². The zero-order valence-electron chi connectivity index (χ0n) is 6.77. The van der Waals surface area contributed by atoms with Gasteiger partial charge in [0.1, 0.15) is 5.69 Å². The molecule has 13 heavy (non-hydrogen) atoms. The Bertz CT molecular complexity index is 408. The maximum Gasteiger partial charge on any atom is 0.170 e. The van der Waals surface area contributed by atoms with Crippen LogP contribution in [0.15, 0.2) is 30.7 Å². The summed E-state index contributed by atoms with van der Waals surface area (Å²) in [5.74, 6) is 0. The fourth-order valence-electron chi connectivity index (χ4n) is 1.14. The van der Waals surface area contributed by atoms with Gasteiger partial charge in [0.25, 0.3) is 0 Å². The third-order valence-electron chi connectivity index (χ3n) is 1.75. The van der Waals surface area contributed by atoms with Gasteiger partial charge in [-0.1, -0.05) is 6.07 Å². The largest absolute Gasteiger partial charge is 0.296 e. The lowest BCUT2D eigenvalue weighted by Gasteiger charge is -1.94. The standard InChI is InChI=1S/C9H7N3O/c13-6-9-8(5-11-12-9)7-2-1-3-10-4-7/h1-6H,(H,11,12). The van der Waals surface area contributed by atoms with Crippen molar-refractivity contribution in [3.05, 3.63) is 36.4 Å². The van der Waals surface area contributed by atoms with E-state index in [1.165, 1.54) is 0 Å². The normalized spacial score (nSPS) is 9.85. The molecule has 4 nitrogen and oxygen atoms in total. The van der Waals surface area contributed by atoms with Crippen LogP contribution in [0.5, 0.6) is 0 Å². The first-order valence-corrected chi connectivity index (χ1v) is 3.81. The number of H-pyrrole nitrogens is 1. The van der Waals surface area contributed by atoms with Gasteiger partial charge in [0.05, 0.1) is 0 Å². The van der Waals surface area contributed by atoms with Gasteiger partial charge in [-0.15, -0.1) is 0 Å². The number of nitrogens with one attached hydrogen (secondary N) is 1. The van der Waals surface area contributed by atoms with Crippen LogP contribution >= 0.6 is 0 Å². The SMILES string of the molecule is O=Cc1n[nH]cc1-c1cccnc1. The first kappa shape index (κ1) is 7.67. The Morgan fingerprint density at radius 1 is 1.46 bits per heavy atom. The summed E-state index contributed by atoms with van der Waals surface area (Å²) in [5.41, 5.74) is 2.08. The summed E-state index contributed by atoms with van der Waals surface area (Å²) in [6.45, 7) is 0. The third kappa shape index (κ3) is 1.33. The van der Waals surface area contributed by atoms with E-state index in [4.69, 9.17) is 0 Å². The molecule has 0 saturated carbocycles. The number of aldehydes is 1. The number of aromatic amines is 1. The molecule has 0 atom stereocenters. The molecule has 0 fully saturated rings. The number of nitrogens with zero attached hydrogens (tertiary/aromatic N) is 2. The molecule has 2 aromatic rings. The van der Waals surface area contributed by atoms with Gasteiger partial charge in [0, 0.05) is 29.7 Å². The van der Waals surface area contributed by atoms with Gasteiger partial charge < -0.3 is 0 Å². The van der Waals surface area contributed by atoms with Gasteiger partial charge in [0.15, 0.2) is 6.29 Å². The molecule has 4 heteroatoms. The number of hydrogen-bond donors (Lipinski definition) is 1. The molecule has 2 rings (SSSR count). The van der Waals surface area contributed by atoms with Gasteiger partial charge in [0.2, 0.25) is 0 Å². The average Bonchev–Trinajstić information content (AvgIpc) is 2.67. The van der Waals surface area contributed by atoms with Crippen molar-refractivity contribution in [2.75, 3.05) is 0 Å². The molecule has 64 valence electrons. The van der Waals surface area contributed by atoms with Crippen molar-refractivity contribution in [2.24, 2.45) is 0 Å². The Kier molecular flexibility index (Phi) is 1.88. The lowest BCUT2D eigenvalue weighted by atomic mass is 10.1. The Balaban J connectivity index is 2.52. The van der Waals surface area contributed by atoms with Gasteiger partial charge >= 0.3 is 0 Å². The number of hydrogen-bond acceptors (Lipinski definition) is 3. The lowest BCUT2D eigenvalue weighted by Crippen LogP contribution is -1.84. The van der Waals surface area contributed by atoms with Crippen LogP contribution in [0.2, 0.25) is 0 Å². The monoisotopic (exact) mass is 173 g/mol. The Hall–Kier alpha value is -1.97. The predicted octanol–water partition coefficient (Wildman–Crippen LogP) is 1.28. The summed E-state index contributed by atoms with van der Waals surface area (Å²) in [5, 5.41) is 6.43. The maximum absolute atomic E-state index is 10.6. The van der Waals surface area contributed by atoms with E-state index >= 15 is 0 Å². The molecular formula is C9H7N3O. The van der Waals surface area contributed by atoms with E-state index < -0.39 is 0 Å². The van der Waals surface area contributed by atoms with Crippen LogP contribution in [0, 0.1) is 0 Å². The smallest absolute Gasteiger partial charge is 0.170 e. The number of carbonyl (C=O) groups is 1. The van der Waals surface area contributed by atoms with Crippen LogP contribution in [0.25, 0.3) is 11.1 Å². The van der Waals surface area contributed by atoms with Crippen LogP contribution in [0.4, 0.5) is 0 Å². The van der Waals surface area contributed by atoms with Crippen LogP contribution in [-0.4, -0.2) is 21.5 Å². The minimum absolute atomic E-state index is 0.410. The summed E-state index contributed by atoms with van der Waals surface area (Å²) in [4.78, 5) is 14.5. The number of aromatic nitrogens is 3. The highest BCUT2D eigenvalue weighted by Gasteiger charge is 2.05. The highest BCUT2D eigenvalue weighted by atomic mass is 16.1. The van der Waals surface area contributed by atoms with Crippen LogP contribution in [0.1, 0.15) is 10.5 Å². The van der Waals surface area contributed by atoms with Crippen molar-refractivity contribution >= 4 is 6.29 Å². The van der Waals surface area contributed by atoms with Crippen molar-refractivity contribution in [1.82, 2.24) is 15.2 Å². The fraction of sp³-hybridized carbons (Fsp3) is 0. The number of carbonyl (C=O) groups excluding carboxylic acids is 1. The molecule has 0 amide bonds. The number of pyridine rings is 1. The molecule has 0 aromatic carbocycles. The Morgan fingerprint density at radius 3 is 3.08 bits per heavy atom. The van der Waals surface area contributed by atoms with E-state index in [1.54, 1.807) is 18.6 Å². The summed E-state index contributed by atoms with van der Waals surface area (Å²) in [6, 6.07) is 3.70. The lowest BCUT2D eigenvalue weighted by molar-refractivity contribution is 0.111. The van der Waals surface area contributed by atoms with E-state index in [0.29, 0.717) is 5.69 Å². The first-order chi connectivity index (χ1) is 6.42. The first-order valence-electron chi connectivity index (χ1n) is 3.81. The highest BCUT2D eigenvalue weighted by molar-refractivity contribution is 5.84. The van der Waals surface area contributed by atoms with E-state index in [-0.39, 0.29) is 0 Å². The van der Waals surface area contributed by atoms with E-state index in [0.717, 1.165) is 17.4 Å². The quantitative estimate of drug-likeness (QED) is 0.696. The van der Waals surface area contributed by atoms with Crippen LogP contribution in [0.3, 0.4) is 0 Å². The topological polar surface area (TPSA) is 58.6 Å². The molecule has 0 spiro atoms. The molecular weight excluding hydrogens is 166 g/mol. The summed E-state index contributed by atoms with van der Waals surface area (Å²) >= 11 is 0. The Labute approximate surface area is 74.6 Å². The van der Waals surface area contributed by atoms with Gasteiger partial charge in [-0.3, -0.25) is 14.9 Å². The molecule has 0 radical (unpaired) electrons. The zero-order valence-corrected chi connectivity index (χ0v) is 6.77. The molecule has 1 N–H and O–H groups in total. The summed E-state index contributed by atoms with van der Waals surface area (Å²) in [6.07, 6.45) is 5.78. The van der Waals surface area contributed by atoms with Crippen LogP contribution in [-0.2, 0) is 0 Å².